The van der Waals surface area contributed by atoms with Gasteiger partial charge >= 0.3 is 0 Å². The highest BCUT2D eigenvalue weighted by molar-refractivity contribution is 6.33. The summed E-state index contributed by atoms with van der Waals surface area (Å²) in [5.41, 5.74) is 2.55. The second-order valence-electron chi connectivity index (χ2n) is 5.84. The Bertz CT molecular complexity index is 723. The monoisotopic (exact) mass is 345 g/mol. The van der Waals surface area contributed by atoms with Crippen LogP contribution in [0.25, 0.3) is 0 Å². The van der Waals surface area contributed by atoms with Gasteiger partial charge in [0, 0.05) is 37.6 Å². The van der Waals surface area contributed by atoms with E-state index in [0.717, 1.165) is 11.3 Å². The Labute approximate surface area is 146 Å². The van der Waals surface area contributed by atoms with E-state index in [4.69, 9.17) is 16.3 Å². The number of rotatable bonds is 4. The van der Waals surface area contributed by atoms with Crippen LogP contribution in [0.4, 0.5) is 5.69 Å². The van der Waals surface area contributed by atoms with Gasteiger partial charge in [-0.3, -0.25) is 9.78 Å². The van der Waals surface area contributed by atoms with Gasteiger partial charge in [-0.25, -0.2) is 0 Å². The van der Waals surface area contributed by atoms with Crippen LogP contribution in [0.5, 0.6) is 0 Å². The molecular formula is C18H20ClN3O2. The average Bonchev–Trinajstić information content (AvgIpc) is 2.61. The number of hydrogen-bond acceptors (Lipinski definition) is 4. The molecule has 3 rings (SSSR count). The molecule has 1 atom stereocenters. The number of morpholine rings is 1. The number of halogens is 1. The minimum absolute atomic E-state index is 0.0499. The highest BCUT2D eigenvalue weighted by Gasteiger charge is 2.22. The van der Waals surface area contributed by atoms with Gasteiger partial charge in [0.1, 0.15) is 0 Å². The molecular weight excluding hydrogens is 326 g/mol. The van der Waals surface area contributed by atoms with E-state index in [0.29, 0.717) is 36.8 Å². The molecule has 0 spiro atoms. The van der Waals surface area contributed by atoms with E-state index in [1.54, 1.807) is 12.4 Å². The Morgan fingerprint density at radius 2 is 2.33 bits per heavy atom. The molecule has 1 saturated heterocycles. The molecule has 5 nitrogen and oxygen atoms in total. The predicted molar refractivity (Wildman–Crippen MR) is 94.3 cm³/mol. The summed E-state index contributed by atoms with van der Waals surface area (Å²) < 4.78 is 5.50. The fourth-order valence-electron chi connectivity index (χ4n) is 2.72. The number of nitrogens with zero attached hydrogens (tertiary/aromatic N) is 2. The third-order valence-electron chi connectivity index (χ3n) is 3.96. The fourth-order valence-corrected chi connectivity index (χ4v) is 2.90. The second-order valence-corrected chi connectivity index (χ2v) is 6.25. The van der Waals surface area contributed by atoms with Gasteiger partial charge in [-0.05, 0) is 30.7 Å². The summed E-state index contributed by atoms with van der Waals surface area (Å²) in [6.45, 7) is 4.43. The average molecular weight is 346 g/mol. The normalized spacial score (nSPS) is 17.6. The van der Waals surface area contributed by atoms with Gasteiger partial charge < -0.3 is 15.0 Å². The molecule has 1 fully saturated rings. The summed E-state index contributed by atoms with van der Waals surface area (Å²) in [6, 6.07) is 9.49. The van der Waals surface area contributed by atoms with Crippen molar-refractivity contribution >= 4 is 23.2 Å². The zero-order valence-corrected chi connectivity index (χ0v) is 14.3. The van der Waals surface area contributed by atoms with Crippen molar-refractivity contribution < 1.29 is 9.53 Å². The Hall–Kier alpha value is -2.11. The first-order chi connectivity index (χ1) is 11.6. The van der Waals surface area contributed by atoms with Crippen molar-refractivity contribution in [1.29, 1.82) is 0 Å². The maximum atomic E-state index is 12.6. The first-order valence-corrected chi connectivity index (χ1v) is 8.34. The largest absolute Gasteiger partial charge is 0.380 e. The summed E-state index contributed by atoms with van der Waals surface area (Å²) in [6.07, 6.45) is 3.37. The molecule has 0 bridgehead atoms. The van der Waals surface area contributed by atoms with Crippen LogP contribution in [-0.4, -0.2) is 41.6 Å². The standard InChI is InChI=1S/C18H20ClN3O2/c1-13-12-22(7-8-24-13)18(23)15-4-2-3-14(9-15)10-21-17-5-6-20-11-16(17)19/h2-6,9,11,13H,7-8,10,12H2,1H3,(H,20,21). The van der Waals surface area contributed by atoms with Crippen molar-refractivity contribution in [3.63, 3.8) is 0 Å². The van der Waals surface area contributed by atoms with Crippen LogP contribution in [0.3, 0.4) is 0 Å². The van der Waals surface area contributed by atoms with Crippen LogP contribution >= 0.6 is 11.6 Å². The number of anilines is 1. The molecule has 1 N–H and O–H groups in total. The van der Waals surface area contributed by atoms with Gasteiger partial charge in [-0.1, -0.05) is 23.7 Å². The predicted octanol–water partition coefficient (Wildman–Crippen LogP) is 3.21. The molecule has 1 aliphatic rings. The van der Waals surface area contributed by atoms with E-state index in [-0.39, 0.29) is 12.0 Å². The quantitative estimate of drug-likeness (QED) is 0.924. The first kappa shape index (κ1) is 16.7. The van der Waals surface area contributed by atoms with Crippen LogP contribution < -0.4 is 5.32 Å². The molecule has 2 aromatic rings. The van der Waals surface area contributed by atoms with Crippen LogP contribution in [0.1, 0.15) is 22.8 Å². The SMILES string of the molecule is CC1CN(C(=O)c2cccc(CNc3ccncc3Cl)c2)CCO1. The number of hydrogen-bond donors (Lipinski definition) is 1. The van der Waals surface area contributed by atoms with E-state index in [9.17, 15) is 4.79 Å². The van der Waals surface area contributed by atoms with Gasteiger partial charge in [-0.2, -0.15) is 0 Å². The summed E-state index contributed by atoms with van der Waals surface area (Å²) in [7, 11) is 0. The number of ether oxygens (including phenoxy) is 1. The Morgan fingerprint density at radius 1 is 1.46 bits per heavy atom. The van der Waals surface area contributed by atoms with E-state index < -0.39 is 0 Å². The summed E-state index contributed by atoms with van der Waals surface area (Å²) >= 11 is 6.09. The van der Waals surface area contributed by atoms with Gasteiger partial charge in [0.2, 0.25) is 0 Å². The van der Waals surface area contributed by atoms with Crippen LogP contribution in [0.15, 0.2) is 42.7 Å². The van der Waals surface area contributed by atoms with Gasteiger partial charge in [0.25, 0.3) is 5.91 Å². The smallest absolute Gasteiger partial charge is 0.254 e. The number of carbonyl (C=O) groups excluding carboxylic acids is 1. The Kier molecular flexibility index (Phi) is 5.33. The number of aromatic nitrogens is 1. The molecule has 0 radical (unpaired) electrons. The third-order valence-corrected chi connectivity index (χ3v) is 4.26. The maximum Gasteiger partial charge on any atom is 0.254 e. The molecule has 0 saturated carbocycles. The maximum absolute atomic E-state index is 12.6. The molecule has 126 valence electrons. The Morgan fingerprint density at radius 3 is 3.12 bits per heavy atom. The molecule has 0 aliphatic carbocycles. The molecule has 1 amide bonds. The molecule has 1 aliphatic heterocycles. The number of carbonyl (C=O) groups is 1. The van der Waals surface area contributed by atoms with Gasteiger partial charge in [0.15, 0.2) is 0 Å². The van der Waals surface area contributed by atoms with Crippen molar-refractivity contribution in [3.8, 4) is 0 Å². The van der Waals surface area contributed by atoms with Gasteiger partial charge in [0.05, 0.1) is 23.4 Å². The van der Waals surface area contributed by atoms with Crippen LogP contribution in [0, 0.1) is 0 Å². The lowest BCUT2D eigenvalue weighted by atomic mass is 10.1. The lowest BCUT2D eigenvalue weighted by Gasteiger charge is -2.31. The van der Waals surface area contributed by atoms with E-state index in [2.05, 4.69) is 10.3 Å². The zero-order chi connectivity index (χ0) is 16.9. The van der Waals surface area contributed by atoms with Crippen molar-refractivity contribution in [2.75, 3.05) is 25.0 Å². The molecule has 24 heavy (non-hydrogen) atoms. The molecule has 1 aromatic carbocycles. The highest BCUT2D eigenvalue weighted by atomic mass is 35.5. The van der Waals surface area contributed by atoms with Crippen molar-refractivity contribution in [2.24, 2.45) is 0 Å². The molecule has 6 heteroatoms. The number of pyridine rings is 1. The fraction of sp³-hybridized carbons (Fsp3) is 0.333. The van der Waals surface area contributed by atoms with E-state index >= 15 is 0 Å². The second kappa shape index (κ2) is 7.64. The lowest BCUT2D eigenvalue weighted by molar-refractivity contribution is -0.0124. The number of nitrogens with one attached hydrogen (secondary N) is 1. The van der Waals surface area contributed by atoms with Crippen molar-refractivity contribution in [1.82, 2.24) is 9.88 Å². The number of amides is 1. The summed E-state index contributed by atoms with van der Waals surface area (Å²) in [4.78, 5) is 18.5. The summed E-state index contributed by atoms with van der Waals surface area (Å²) in [5, 5.41) is 3.84. The topological polar surface area (TPSA) is 54.5 Å². The highest BCUT2D eigenvalue weighted by Crippen LogP contribution is 2.20. The Balaban J connectivity index is 1.67. The summed E-state index contributed by atoms with van der Waals surface area (Å²) in [5.74, 6) is 0.0499. The molecule has 2 heterocycles. The molecule has 1 unspecified atom stereocenters. The van der Waals surface area contributed by atoms with E-state index in [1.807, 2.05) is 42.2 Å². The van der Waals surface area contributed by atoms with Crippen LogP contribution in [-0.2, 0) is 11.3 Å². The molecule has 1 aromatic heterocycles. The van der Waals surface area contributed by atoms with Crippen molar-refractivity contribution in [2.45, 2.75) is 19.6 Å². The van der Waals surface area contributed by atoms with Gasteiger partial charge in [-0.15, -0.1) is 0 Å². The van der Waals surface area contributed by atoms with Crippen LogP contribution in [0.2, 0.25) is 5.02 Å². The van der Waals surface area contributed by atoms with E-state index in [1.165, 1.54) is 0 Å². The third kappa shape index (κ3) is 4.04. The zero-order valence-electron chi connectivity index (χ0n) is 13.5. The first-order valence-electron chi connectivity index (χ1n) is 7.96. The minimum Gasteiger partial charge on any atom is -0.380 e. The minimum atomic E-state index is 0.0499. The number of benzene rings is 1. The lowest BCUT2D eigenvalue weighted by Crippen LogP contribution is -2.44. The van der Waals surface area contributed by atoms with Crippen molar-refractivity contribution in [3.05, 3.63) is 58.9 Å².